The molecule has 0 aliphatic rings. The molecule has 0 saturated carbocycles. The van der Waals surface area contributed by atoms with Crippen molar-refractivity contribution in [3.05, 3.63) is 36.4 Å². The Balaban J connectivity index is 2.16. The molecule has 0 saturated heterocycles. The minimum atomic E-state index is 0.357. The van der Waals surface area contributed by atoms with E-state index in [1.54, 1.807) is 22.7 Å². The molecule has 1 atom stereocenters. The number of hydrogen-bond acceptors (Lipinski definition) is 4. The zero-order valence-corrected chi connectivity index (χ0v) is 13.3. The summed E-state index contributed by atoms with van der Waals surface area (Å²) >= 11 is 7.13. The quantitative estimate of drug-likeness (QED) is 0.913. The summed E-state index contributed by atoms with van der Waals surface area (Å²) in [5.41, 5.74) is 2.42. The van der Waals surface area contributed by atoms with Crippen molar-refractivity contribution >= 4 is 38.6 Å². The molecule has 2 aromatic rings. The van der Waals surface area contributed by atoms with Gasteiger partial charge in [-0.15, -0.1) is 22.7 Å². The van der Waals surface area contributed by atoms with Gasteiger partial charge in [0.15, 0.2) is 0 Å². The molecule has 0 aromatic carbocycles. The van der Waals surface area contributed by atoms with E-state index in [0.717, 1.165) is 12.1 Å². The summed E-state index contributed by atoms with van der Waals surface area (Å²) in [4.78, 5) is 5.89. The molecule has 92 valence electrons. The first-order valence-corrected chi connectivity index (χ1v) is 7.93. The van der Waals surface area contributed by atoms with Crippen LogP contribution in [0.1, 0.15) is 27.2 Å². The first-order valence-electron chi connectivity index (χ1n) is 5.44. The molecule has 0 aliphatic carbocycles. The third kappa shape index (κ3) is 3.16. The lowest BCUT2D eigenvalue weighted by Crippen LogP contribution is -2.17. The molecular formula is C12H15BrN2S2. The average molecular weight is 331 g/mol. The largest absolute Gasteiger partial charge is 0.312 e. The predicted molar refractivity (Wildman–Crippen MR) is 79.1 cm³/mol. The van der Waals surface area contributed by atoms with Crippen LogP contribution in [0.15, 0.2) is 15.2 Å². The number of halogens is 1. The van der Waals surface area contributed by atoms with Gasteiger partial charge in [-0.05, 0) is 48.5 Å². The standard InChI is InChI=1S/C12H15BrN2S2/c1-7-4-10(17-12(7)13)9(14-3)5-11-15-8(2)6-16-11/h4,6,9,14H,5H2,1-3H3. The van der Waals surface area contributed by atoms with Gasteiger partial charge < -0.3 is 5.32 Å². The maximum atomic E-state index is 4.52. The van der Waals surface area contributed by atoms with Crippen LogP contribution in [0.5, 0.6) is 0 Å². The van der Waals surface area contributed by atoms with Crippen molar-refractivity contribution in [2.75, 3.05) is 7.05 Å². The van der Waals surface area contributed by atoms with Crippen molar-refractivity contribution in [1.29, 1.82) is 0 Å². The van der Waals surface area contributed by atoms with Crippen molar-refractivity contribution in [2.24, 2.45) is 0 Å². The summed E-state index contributed by atoms with van der Waals surface area (Å²) in [6.45, 7) is 4.17. The van der Waals surface area contributed by atoms with Gasteiger partial charge in [-0.2, -0.15) is 0 Å². The van der Waals surface area contributed by atoms with Crippen molar-refractivity contribution in [2.45, 2.75) is 26.3 Å². The average Bonchev–Trinajstić information content (AvgIpc) is 2.83. The molecule has 0 aliphatic heterocycles. The number of likely N-dealkylation sites (N-methyl/N-ethyl adjacent to an activating group) is 1. The summed E-state index contributed by atoms with van der Waals surface area (Å²) in [7, 11) is 2.01. The van der Waals surface area contributed by atoms with E-state index in [1.807, 2.05) is 14.0 Å². The summed E-state index contributed by atoms with van der Waals surface area (Å²) in [5.74, 6) is 0. The molecule has 2 rings (SSSR count). The molecule has 5 heteroatoms. The van der Waals surface area contributed by atoms with Crippen LogP contribution in [-0.2, 0) is 6.42 Å². The Hall–Kier alpha value is -0.230. The van der Waals surface area contributed by atoms with Gasteiger partial charge in [0, 0.05) is 28.4 Å². The molecule has 1 N–H and O–H groups in total. The lowest BCUT2D eigenvalue weighted by molar-refractivity contribution is 0.599. The first-order chi connectivity index (χ1) is 8.10. The van der Waals surface area contributed by atoms with E-state index < -0.39 is 0 Å². The second-order valence-corrected chi connectivity index (χ2v) is 7.38. The maximum Gasteiger partial charge on any atom is 0.0947 e. The Kier molecular flexibility index (Phi) is 4.36. The van der Waals surface area contributed by atoms with Gasteiger partial charge in [0.2, 0.25) is 0 Å². The highest BCUT2D eigenvalue weighted by atomic mass is 79.9. The highest BCUT2D eigenvalue weighted by molar-refractivity contribution is 9.11. The van der Waals surface area contributed by atoms with E-state index >= 15 is 0 Å². The van der Waals surface area contributed by atoms with E-state index in [2.05, 4.69) is 44.6 Å². The Morgan fingerprint density at radius 2 is 2.24 bits per heavy atom. The van der Waals surface area contributed by atoms with E-state index in [-0.39, 0.29) is 0 Å². The number of nitrogens with zero attached hydrogens (tertiary/aromatic N) is 1. The second kappa shape index (κ2) is 5.61. The summed E-state index contributed by atoms with van der Waals surface area (Å²) < 4.78 is 1.23. The first kappa shape index (κ1) is 13.2. The van der Waals surface area contributed by atoms with Crippen molar-refractivity contribution in [3.8, 4) is 0 Å². The van der Waals surface area contributed by atoms with Crippen molar-refractivity contribution in [1.82, 2.24) is 10.3 Å². The number of aryl methyl sites for hydroxylation is 2. The molecule has 2 nitrogen and oxygen atoms in total. The number of nitrogens with one attached hydrogen (secondary N) is 1. The third-order valence-electron chi connectivity index (χ3n) is 2.61. The van der Waals surface area contributed by atoms with Crippen LogP contribution in [-0.4, -0.2) is 12.0 Å². The minimum absolute atomic E-state index is 0.357. The van der Waals surface area contributed by atoms with Gasteiger partial charge in [0.05, 0.1) is 8.79 Å². The molecule has 0 radical (unpaired) electrons. The monoisotopic (exact) mass is 330 g/mol. The SMILES string of the molecule is CNC(Cc1nc(C)cs1)c1cc(C)c(Br)s1. The fraction of sp³-hybridized carbons (Fsp3) is 0.417. The van der Waals surface area contributed by atoms with Gasteiger partial charge >= 0.3 is 0 Å². The van der Waals surface area contributed by atoms with E-state index in [1.165, 1.54) is 19.2 Å². The number of thiophene rings is 1. The van der Waals surface area contributed by atoms with Crippen molar-refractivity contribution < 1.29 is 0 Å². The van der Waals surface area contributed by atoms with Gasteiger partial charge in [0.1, 0.15) is 0 Å². The minimum Gasteiger partial charge on any atom is -0.312 e. The number of hydrogen-bond donors (Lipinski definition) is 1. The smallest absolute Gasteiger partial charge is 0.0947 e. The van der Waals surface area contributed by atoms with Crippen LogP contribution < -0.4 is 5.32 Å². The van der Waals surface area contributed by atoms with Gasteiger partial charge in [0.25, 0.3) is 0 Å². The van der Waals surface area contributed by atoms with E-state index in [0.29, 0.717) is 6.04 Å². The second-order valence-electron chi connectivity index (χ2n) is 4.03. The molecule has 2 heterocycles. The molecule has 1 unspecified atom stereocenters. The summed E-state index contributed by atoms with van der Waals surface area (Å²) in [6.07, 6.45) is 0.960. The number of rotatable bonds is 4. The molecule has 0 amide bonds. The molecule has 0 bridgehead atoms. The molecule has 0 fully saturated rings. The number of aromatic nitrogens is 1. The Morgan fingerprint density at radius 3 is 2.71 bits per heavy atom. The van der Waals surface area contributed by atoms with Gasteiger partial charge in [-0.1, -0.05) is 0 Å². The van der Waals surface area contributed by atoms with Crippen LogP contribution in [0.3, 0.4) is 0 Å². The van der Waals surface area contributed by atoms with Crippen LogP contribution in [0.4, 0.5) is 0 Å². The summed E-state index contributed by atoms with van der Waals surface area (Å²) in [6, 6.07) is 2.60. The zero-order chi connectivity index (χ0) is 12.4. The summed E-state index contributed by atoms with van der Waals surface area (Å²) in [5, 5.41) is 6.68. The van der Waals surface area contributed by atoms with Crippen LogP contribution in [0.25, 0.3) is 0 Å². The topological polar surface area (TPSA) is 24.9 Å². The van der Waals surface area contributed by atoms with Crippen LogP contribution >= 0.6 is 38.6 Å². The van der Waals surface area contributed by atoms with Crippen LogP contribution in [0.2, 0.25) is 0 Å². The van der Waals surface area contributed by atoms with E-state index in [9.17, 15) is 0 Å². The highest BCUT2D eigenvalue weighted by Gasteiger charge is 2.15. The molecular weight excluding hydrogens is 316 g/mol. The molecule has 17 heavy (non-hydrogen) atoms. The zero-order valence-electron chi connectivity index (χ0n) is 10.1. The van der Waals surface area contributed by atoms with Gasteiger partial charge in [-0.25, -0.2) is 4.98 Å². The van der Waals surface area contributed by atoms with Crippen LogP contribution in [0, 0.1) is 13.8 Å². The maximum absolute atomic E-state index is 4.52. The third-order valence-corrected chi connectivity index (χ3v) is 5.85. The Labute approximate surface area is 118 Å². The highest BCUT2D eigenvalue weighted by Crippen LogP contribution is 2.33. The van der Waals surface area contributed by atoms with Crippen molar-refractivity contribution in [3.63, 3.8) is 0 Å². The van der Waals surface area contributed by atoms with Gasteiger partial charge in [-0.3, -0.25) is 0 Å². The fourth-order valence-electron chi connectivity index (χ4n) is 1.67. The Bertz CT molecular complexity index is 485. The molecule has 0 spiro atoms. The fourth-order valence-corrected chi connectivity index (χ4v) is 4.17. The molecule has 2 aromatic heterocycles. The lowest BCUT2D eigenvalue weighted by Gasteiger charge is -2.12. The Morgan fingerprint density at radius 1 is 1.47 bits per heavy atom. The van der Waals surface area contributed by atoms with E-state index in [4.69, 9.17) is 0 Å². The predicted octanol–water partition coefficient (Wildman–Crippen LogP) is 4.09. The lowest BCUT2D eigenvalue weighted by atomic mass is 10.1. The number of thiazole rings is 1. The normalized spacial score (nSPS) is 12.9.